The molecule has 8 nitrogen and oxygen atoms in total. The van der Waals surface area contributed by atoms with E-state index < -0.39 is 32.3 Å². The second-order valence-electron chi connectivity index (χ2n) is 9.35. The zero-order valence-corrected chi connectivity index (χ0v) is 21.4. The highest BCUT2D eigenvalue weighted by molar-refractivity contribution is 7.90. The van der Waals surface area contributed by atoms with Crippen LogP contribution in [0.3, 0.4) is 0 Å². The number of aromatic amines is 1. The summed E-state index contributed by atoms with van der Waals surface area (Å²) in [5.74, 6) is -3.72. The fraction of sp³-hybridized carbons (Fsp3) is 0.346. The van der Waals surface area contributed by atoms with Gasteiger partial charge in [-0.1, -0.05) is 17.7 Å². The van der Waals surface area contributed by atoms with Crippen LogP contribution < -0.4 is 15.0 Å². The number of amides is 1. The summed E-state index contributed by atoms with van der Waals surface area (Å²) in [4.78, 5) is 31.2. The fourth-order valence-electron chi connectivity index (χ4n) is 4.54. The molecule has 4 rings (SSSR count). The first kappa shape index (κ1) is 26.5. The second-order valence-corrected chi connectivity index (χ2v) is 11.0. The number of nitrogens with zero attached hydrogens (tertiary/aromatic N) is 1. The SMILES string of the molecule is Cc1cc(C)c(Oc2nc(C3CCC(F)(F)CC3)ccc2C(=O)NS(=O)(=O)c2ccc[nH]c2=O)c(C)c1. The number of carbonyl (C=O) groups is 1. The Labute approximate surface area is 213 Å². The number of sulfonamides is 1. The number of hydrogen-bond acceptors (Lipinski definition) is 6. The molecular weight excluding hydrogens is 504 g/mol. The molecule has 1 fully saturated rings. The van der Waals surface area contributed by atoms with Crippen LogP contribution in [0, 0.1) is 20.8 Å². The average molecular weight is 532 g/mol. The molecule has 0 spiro atoms. The third-order valence-electron chi connectivity index (χ3n) is 6.36. The molecule has 1 aliphatic rings. The summed E-state index contributed by atoms with van der Waals surface area (Å²) in [7, 11) is -4.50. The van der Waals surface area contributed by atoms with Crippen LogP contribution in [-0.4, -0.2) is 30.2 Å². The van der Waals surface area contributed by atoms with Gasteiger partial charge in [0, 0.05) is 30.7 Å². The van der Waals surface area contributed by atoms with E-state index in [0.29, 0.717) is 11.4 Å². The van der Waals surface area contributed by atoms with Crippen molar-refractivity contribution in [2.75, 3.05) is 0 Å². The number of carbonyl (C=O) groups excluding carboxylic acids is 1. The Morgan fingerprint density at radius 3 is 2.38 bits per heavy atom. The Hall–Kier alpha value is -3.60. The molecule has 2 N–H and O–H groups in total. The first-order chi connectivity index (χ1) is 17.4. The number of halogens is 2. The minimum atomic E-state index is -4.50. The van der Waals surface area contributed by atoms with Gasteiger partial charge in [-0.05, 0) is 69.0 Å². The van der Waals surface area contributed by atoms with E-state index in [9.17, 15) is 26.8 Å². The monoisotopic (exact) mass is 531 g/mol. The van der Waals surface area contributed by atoms with E-state index in [0.717, 1.165) is 22.8 Å². The van der Waals surface area contributed by atoms with Crippen LogP contribution in [0.25, 0.3) is 0 Å². The molecule has 0 atom stereocenters. The van der Waals surface area contributed by atoms with Gasteiger partial charge >= 0.3 is 0 Å². The van der Waals surface area contributed by atoms with E-state index in [4.69, 9.17) is 4.74 Å². The molecule has 0 saturated heterocycles. The minimum absolute atomic E-state index is 0.153. The molecule has 11 heteroatoms. The van der Waals surface area contributed by atoms with Gasteiger partial charge in [0.1, 0.15) is 11.3 Å². The Morgan fingerprint density at radius 1 is 1.11 bits per heavy atom. The Kier molecular flexibility index (Phi) is 7.18. The molecule has 1 aliphatic carbocycles. The van der Waals surface area contributed by atoms with Crippen LogP contribution in [0.2, 0.25) is 0 Å². The van der Waals surface area contributed by atoms with E-state index in [1.807, 2.05) is 37.6 Å². The molecule has 1 aromatic carbocycles. The summed E-state index contributed by atoms with van der Waals surface area (Å²) >= 11 is 0. The quantitative estimate of drug-likeness (QED) is 0.467. The van der Waals surface area contributed by atoms with Gasteiger partial charge in [-0.2, -0.15) is 0 Å². The highest BCUT2D eigenvalue weighted by atomic mass is 32.2. The first-order valence-electron chi connectivity index (χ1n) is 11.8. The molecular formula is C26H27F2N3O5S. The maximum absolute atomic E-state index is 13.7. The Morgan fingerprint density at radius 2 is 1.76 bits per heavy atom. The van der Waals surface area contributed by atoms with Gasteiger partial charge in [0.2, 0.25) is 11.8 Å². The standard InChI is InChI=1S/C26H27F2N3O5S/c1-15-13-16(2)22(17(3)14-15)36-25-19(6-7-20(30-25)18-8-10-26(27,28)11-9-18)23(32)31-37(34,35)21-5-4-12-29-24(21)33/h4-7,12-14,18H,8-11H2,1-3H3,(H,29,33)(H,31,32). The summed E-state index contributed by atoms with van der Waals surface area (Å²) in [6, 6.07) is 9.06. The lowest BCUT2D eigenvalue weighted by atomic mass is 9.84. The van der Waals surface area contributed by atoms with Crippen molar-refractivity contribution in [3.05, 3.63) is 80.9 Å². The average Bonchev–Trinajstić information content (AvgIpc) is 2.81. The van der Waals surface area contributed by atoms with Crippen molar-refractivity contribution >= 4 is 15.9 Å². The van der Waals surface area contributed by atoms with Crippen LogP contribution in [0.15, 0.2) is 52.3 Å². The molecule has 37 heavy (non-hydrogen) atoms. The van der Waals surface area contributed by atoms with Gasteiger partial charge in [0.15, 0.2) is 4.90 Å². The summed E-state index contributed by atoms with van der Waals surface area (Å²) < 4.78 is 60.9. The minimum Gasteiger partial charge on any atom is -0.438 e. The maximum Gasteiger partial charge on any atom is 0.270 e. The van der Waals surface area contributed by atoms with Crippen LogP contribution in [0.4, 0.5) is 8.78 Å². The van der Waals surface area contributed by atoms with Crippen molar-refractivity contribution < 1.29 is 26.7 Å². The molecule has 1 amide bonds. The number of rotatable bonds is 6. The van der Waals surface area contributed by atoms with Crippen molar-refractivity contribution in [3.8, 4) is 11.6 Å². The number of H-pyrrole nitrogens is 1. The summed E-state index contributed by atoms with van der Waals surface area (Å²) in [5.41, 5.74) is 1.97. The predicted octanol–water partition coefficient (Wildman–Crippen LogP) is 4.90. The third-order valence-corrected chi connectivity index (χ3v) is 7.72. The highest BCUT2D eigenvalue weighted by Gasteiger charge is 2.36. The Bertz CT molecular complexity index is 1490. The van der Waals surface area contributed by atoms with Crippen molar-refractivity contribution in [2.45, 2.75) is 63.2 Å². The van der Waals surface area contributed by atoms with E-state index in [2.05, 4.69) is 9.97 Å². The number of benzene rings is 1. The fourth-order valence-corrected chi connectivity index (χ4v) is 5.57. The number of alkyl halides is 2. The van der Waals surface area contributed by atoms with Gasteiger partial charge in [0.05, 0.1) is 0 Å². The van der Waals surface area contributed by atoms with Crippen LogP contribution in [-0.2, 0) is 10.0 Å². The lowest BCUT2D eigenvalue weighted by molar-refractivity contribution is -0.0385. The molecule has 1 saturated carbocycles. The van der Waals surface area contributed by atoms with Gasteiger partial charge in [-0.25, -0.2) is 26.9 Å². The third kappa shape index (κ3) is 5.87. The van der Waals surface area contributed by atoms with Crippen LogP contribution >= 0.6 is 0 Å². The van der Waals surface area contributed by atoms with Crippen LogP contribution in [0.1, 0.15) is 64.3 Å². The lowest BCUT2D eigenvalue weighted by Gasteiger charge is -2.28. The van der Waals surface area contributed by atoms with Gasteiger partial charge in [-0.3, -0.25) is 9.59 Å². The van der Waals surface area contributed by atoms with Crippen molar-refractivity contribution in [3.63, 3.8) is 0 Å². The molecule has 2 heterocycles. The molecule has 2 aromatic heterocycles. The molecule has 3 aromatic rings. The maximum atomic E-state index is 13.7. The van der Waals surface area contributed by atoms with Gasteiger partial charge < -0.3 is 9.72 Å². The Balaban J connectivity index is 1.72. The highest BCUT2D eigenvalue weighted by Crippen LogP contribution is 2.41. The zero-order valence-electron chi connectivity index (χ0n) is 20.6. The lowest BCUT2D eigenvalue weighted by Crippen LogP contribution is -2.34. The molecule has 196 valence electrons. The van der Waals surface area contributed by atoms with E-state index >= 15 is 0 Å². The topological polar surface area (TPSA) is 118 Å². The number of aryl methyl sites for hydroxylation is 3. The second kappa shape index (κ2) is 10.0. The van der Waals surface area contributed by atoms with E-state index in [-0.39, 0.29) is 43.0 Å². The van der Waals surface area contributed by atoms with Crippen LogP contribution in [0.5, 0.6) is 11.6 Å². The number of nitrogens with one attached hydrogen (secondary N) is 2. The number of ether oxygens (including phenoxy) is 1. The molecule has 0 unspecified atom stereocenters. The zero-order chi connectivity index (χ0) is 27.0. The summed E-state index contributed by atoms with van der Waals surface area (Å²) in [6.07, 6.45) is 1.18. The number of hydrogen-bond donors (Lipinski definition) is 2. The molecule has 0 bridgehead atoms. The van der Waals surface area contributed by atoms with Crippen molar-refractivity contribution in [1.82, 2.24) is 14.7 Å². The van der Waals surface area contributed by atoms with Crippen molar-refractivity contribution in [1.29, 1.82) is 0 Å². The summed E-state index contributed by atoms with van der Waals surface area (Å²) in [5, 5.41) is 0. The van der Waals surface area contributed by atoms with Gasteiger partial charge in [-0.15, -0.1) is 0 Å². The predicted molar refractivity (Wildman–Crippen MR) is 133 cm³/mol. The number of aromatic nitrogens is 2. The summed E-state index contributed by atoms with van der Waals surface area (Å²) in [6.45, 7) is 5.58. The van der Waals surface area contributed by atoms with Crippen molar-refractivity contribution in [2.24, 2.45) is 0 Å². The normalized spacial score (nSPS) is 15.8. The molecule has 0 radical (unpaired) electrons. The van der Waals surface area contributed by atoms with E-state index in [1.165, 1.54) is 24.4 Å². The number of pyridine rings is 2. The van der Waals surface area contributed by atoms with Gasteiger partial charge in [0.25, 0.3) is 21.5 Å². The first-order valence-corrected chi connectivity index (χ1v) is 13.2. The largest absolute Gasteiger partial charge is 0.438 e. The van der Waals surface area contributed by atoms with E-state index in [1.54, 1.807) is 0 Å². The molecule has 0 aliphatic heterocycles. The smallest absolute Gasteiger partial charge is 0.270 e.